The van der Waals surface area contributed by atoms with Crippen molar-refractivity contribution in [1.29, 1.82) is 0 Å². The molecule has 1 fully saturated rings. The summed E-state index contributed by atoms with van der Waals surface area (Å²) in [7, 11) is 0. The molecule has 0 aromatic carbocycles. The Morgan fingerprint density at radius 1 is 1.44 bits per heavy atom. The summed E-state index contributed by atoms with van der Waals surface area (Å²) < 4.78 is 0. The van der Waals surface area contributed by atoms with Gasteiger partial charge in [0, 0.05) is 19.6 Å². The molecule has 0 spiro atoms. The summed E-state index contributed by atoms with van der Waals surface area (Å²) in [5.41, 5.74) is 5.99. The highest BCUT2D eigenvalue weighted by Crippen LogP contribution is 2.30. The SMILES string of the molecule is CCN(CC)C(=O)C(C)N1CCC(C)(CN)C1.Cl. The quantitative estimate of drug-likeness (QED) is 0.825. The van der Waals surface area contributed by atoms with Gasteiger partial charge in [0.15, 0.2) is 0 Å². The standard InChI is InChI=1S/C13H27N3O.ClH/c1-5-15(6-2)12(17)11(3)16-8-7-13(4,9-14)10-16;/h11H,5-10,14H2,1-4H3;1H. The number of nitrogens with zero attached hydrogens (tertiary/aromatic N) is 2. The number of hydrogen-bond acceptors (Lipinski definition) is 3. The first-order valence-electron chi connectivity index (χ1n) is 6.70. The minimum absolute atomic E-state index is 0. The van der Waals surface area contributed by atoms with E-state index in [9.17, 15) is 4.79 Å². The Morgan fingerprint density at radius 3 is 2.39 bits per heavy atom. The molecule has 1 aliphatic heterocycles. The normalized spacial score (nSPS) is 25.6. The Balaban J connectivity index is 0.00000289. The van der Waals surface area contributed by atoms with Crippen LogP contribution in [-0.2, 0) is 4.79 Å². The maximum atomic E-state index is 12.2. The van der Waals surface area contributed by atoms with Gasteiger partial charge in [-0.2, -0.15) is 0 Å². The Bertz CT molecular complexity index is 271. The number of hydrogen-bond donors (Lipinski definition) is 1. The van der Waals surface area contributed by atoms with Crippen LogP contribution in [0.3, 0.4) is 0 Å². The van der Waals surface area contributed by atoms with E-state index in [-0.39, 0.29) is 29.8 Å². The molecular weight excluding hydrogens is 250 g/mol. The lowest BCUT2D eigenvalue weighted by Crippen LogP contribution is -2.47. The van der Waals surface area contributed by atoms with Crippen molar-refractivity contribution in [2.75, 3.05) is 32.7 Å². The van der Waals surface area contributed by atoms with Crippen LogP contribution in [0.15, 0.2) is 0 Å². The third kappa shape index (κ3) is 3.84. The van der Waals surface area contributed by atoms with Gasteiger partial charge in [0.1, 0.15) is 0 Å². The fraction of sp³-hybridized carbons (Fsp3) is 0.923. The van der Waals surface area contributed by atoms with Crippen LogP contribution in [0.1, 0.15) is 34.1 Å². The highest BCUT2D eigenvalue weighted by Gasteiger charge is 2.37. The van der Waals surface area contributed by atoms with Crippen LogP contribution in [0.2, 0.25) is 0 Å². The van der Waals surface area contributed by atoms with Crippen LogP contribution >= 0.6 is 12.4 Å². The van der Waals surface area contributed by atoms with Crippen molar-refractivity contribution in [3.05, 3.63) is 0 Å². The lowest BCUT2D eigenvalue weighted by molar-refractivity contribution is -0.135. The van der Waals surface area contributed by atoms with E-state index >= 15 is 0 Å². The summed E-state index contributed by atoms with van der Waals surface area (Å²) in [5, 5.41) is 0. The van der Waals surface area contributed by atoms with Crippen LogP contribution in [0.5, 0.6) is 0 Å². The number of amides is 1. The van der Waals surface area contributed by atoms with Gasteiger partial charge in [-0.15, -0.1) is 12.4 Å². The monoisotopic (exact) mass is 277 g/mol. The molecule has 1 saturated heterocycles. The largest absolute Gasteiger partial charge is 0.342 e. The van der Waals surface area contributed by atoms with E-state index in [0.717, 1.165) is 32.6 Å². The van der Waals surface area contributed by atoms with E-state index in [4.69, 9.17) is 5.73 Å². The molecule has 2 atom stereocenters. The average molecular weight is 278 g/mol. The zero-order chi connectivity index (χ0) is 13.1. The smallest absolute Gasteiger partial charge is 0.239 e. The Kier molecular flexibility index (Phi) is 7.18. The highest BCUT2D eigenvalue weighted by atomic mass is 35.5. The van der Waals surface area contributed by atoms with Crippen molar-refractivity contribution in [2.24, 2.45) is 11.1 Å². The third-order valence-corrected chi connectivity index (χ3v) is 4.06. The second-order valence-corrected chi connectivity index (χ2v) is 5.42. The van der Waals surface area contributed by atoms with E-state index in [2.05, 4.69) is 11.8 Å². The molecule has 5 heteroatoms. The number of nitrogens with two attached hydrogens (primary N) is 1. The minimum Gasteiger partial charge on any atom is -0.342 e. The zero-order valence-electron chi connectivity index (χ0n) is 12.1. The number of likely N-dealkylation sites (tertiary alicyclic amines) is 1. The fourth-order valence-corrected chi connectivity index (χ4v) is 2.51. The molecule has 1 heterocycles. The van der Waals surface area contributed by atoms with Crippen molar-refractivity contribution in [2.45, 2.75) is 40.2 Å². The molecule has 2 N–H and O–H groups in total. The van der Waals surface area contributed by atoms with Gasteiger partial charge in [-0.3, -0.25) is 9.69 Å². The molecule has 0 bridgehead atoms. The molecule has 0 radical (unpaired) electrons. The first-order chi connectivity index (χ1) is 7.97. The van der Waals surface area contributed by atoms with Gasteiger partial charge in [-0.25, -0.2) is 0 Å². The molecule has 0 aromatic heterocycles. The van der Waals surface area contributed by atoms with E-state index in [1.54, 1.807) is 0 Å². The lowest BCUT2D eigenvalue weighted by atomic mass is 9.90. The molecular formula is C13H28ClN3O. The van der Waals surface area contributed by atoms with Crippen molar-refractivity contribution >= 4 is 18.3 Å². The first kappa shape index (κ1) is 17.7. The Labute approximate surface area is 117 Å². The molecule has 18 heavy (non-hydrogen) atoms. The number of carbonyl (C=O) groups excluding carboxylic acids is 1. The summed E-state index contributed by atoms with van der Waals surface area (Å²) >= 11 is 0. The number of rotatable bonds is 5. The van der Waals surface area contributed by atoms with E-state index < -0.39 is 0 Å². The first-order valence-corrected chi connectivity index (χ1v) is 6.70. The summed E-state index contributed by atoms with van der Waals surface area (Å²) in [6.45, 7) is 12.5. The molecule has 0 saturated carbocycles. The summed E-state index contributed by atoms with van der Waals surface area (Å²) in [4.78, 5) is 16.4. The van der Waals surface area contributed by atoms with Gasteiger partial charge in [-0.1, -0.05) is 6.92 Å². The van der Waals surface area contributed by atoms with Gasteiger partial charge in [0.2, 0.25) is 5.91 Å². The van der Waals surface area contributed by atoms with Crippen LogP contribution in [0, 0.1) is 5.41 Å². The van der Waals surface area contributed by atoms with Crippen molar-refractivity contribution in [3.63, 3.8) is 0 Å². The van der Waals surface area contributed by atoms with Gasteiger partial charge in [0.05, 0.1) is 6.04 Å². The minimum atomic E-state index is -0.0109. The van der Waals surface area contributed by atoms with Gasteiger partial charge < -0.3 is 10.6 Å². The number of likely N-dealkylation sites (N-methyl/N-ethyl adjacent to an activating group) is 1. The number of carbonyl (C=O) groups is 1. The summed E-state index contributed by atoms with van der Waals surface area (Å²) in [6, 6.07) is -0.0109. The molecule has 1 amide bonds. The predicted octanol–water partition coefficient (Wildman–Crippen LogP) is 1.34. The molecule has 4 nitrogen and oxygen atoms in total. The van der Waals surface area contributed by atoms with Crippen LogP contribution < -0.4 is 5.73 Å². The van der Waals surface area contributed by atoms with Crippen molar-refractivity contribution in [3.8, 4) is 0 Å². The van der Waals surface area contributed by atoms with Gasteiger partial charge in [0.25, 0.3) is 0 Å². The molecule has 1 rings (SSSR count). The van der Waals surface area contributed by atoms with E-state index in [1.165, 1.54) is 0 Å². The van der Waals surface area contributed by atoms with Crippen molar-refractivity contribution < 1.29 is 4.79 Å². The molecule has 1 aliphatic rings. The molecule has 2 unspecified atom stereocenters. The summed E-state index contributed by atoms with van der Waals surface area (Å²) in [5.74, 6) is 0.247. The van der Waals surface area contributed by atoms with E-state index in [0.29, 0.717) is 6.54 Å². The molecule has 0 aliphatic carbocycles. The Hall–Kier alpha value is -0.320. The maximum absolute atomic E-state index is 12.2. The van der Waals surface area contributed by atoms with Gasteiger partial charge >= 0.3 is 0 Å². The van der Waals surface area contributed by atoms with E-state index in [1.807, 2.05) is 25.7 Å². The fourth-order valence-electron chi connectivity index (χ4n) is 2.51. The zero-order valence-corrected chi connectivity index (χ0v) is 12.9. The topological polar surface area (TPSA) is 49.6 Å². The second kappa shape index (κ2) is 7.31. The number of halogens is 1. The van der Waals surface area contributed by atoms with Crippen LogP contribution in [0.4, 0.5) is 0 Å². The molecule has 108 valence electrons. The predicted molar refractivity (Wildman–Crippen MR) is 78.0 cm³/mol. The maximum Gasteiger partial charge on any atom is 0.239 e. The summed E-state index contributed by atoms with van der Waals surface area (Å²) in [6.07, 6.45) is 1.10. The Morgan fingerprint density at radius 2 is 2.00 bits per heavy atom. The third-order valence-electron chi connectivity index (χ3n) is 4.06. The van der Waals surface area contributed by atoms with Crippen LogP contribution in [-0.4, -0.2) is 54.5 Å². The second-order valence-electron chi connectivity index (χ2n) is 5.42. The lowest BCUT2D eigenvalue weighted by Gasteiger charge is -2.30. The molecule has 0 aromatic rings. The van der Waals surface area contributed by atoms with Crippen molar-refractivity contribution in [1.82, 2.24) is 9.80 Å². The average Bonchev–Trinajstić information content (AvgIpc) is 2.73. The van der Waals surface area contributed by atoms with Crippen LogP contribution in [0.25, 0.3) is 0 Å². The highest BCUT2D eigenvalue weighted by molar-refractivity contribution is 5.85. The van der Waals surface area contributed by atoms with Gasteiger partial charge in [-0.05, 0) is 45.7 Å².